The van der Waals surface area contributed by atoms with Crippen LogP contribution in [0.15, 0.2) is 29.2 Å². The standard InChI is InChI=1S/C22H18F5N3O5/c23-9-1-4-12(14(24)5-9)19(22(25,26)27)28-20(33)13-7-29-8-15-30(10-2-3-11(6-10)35-15)21(34)16(29)18(32)17(13)31/h1,4-5,7,10-11,15,19,32H,2-3,6,8H2,(H,28,33)/t10-,11+,15?,19-/m0/s1. The van der Waals surface area contributed by atoms with Crippen molar-refractivity contribution >= 4 is 11.8 Å². The minimum absolute atomic E-state index is 0.0581. The van der Waals surface area contributed by atoms with E-state index in [1.165, 1.54) is 10.2 Å². The molecule has 186 valence electrons. The molecule has 3 heterocycles. The van der Waals surface area contributed by atoms with E-state index < -0.39 is 69.9 Å². The molecule has 1 aromatic carbocycles. The molecule has 35 heavy (non-hydrogen) atoms. The summed E-state index contributed by atoms with van der Waals surface area (Å²) in [4.78, 5) is 39.9. The zero-order valence-electron chi connectivity index (χ0n) is 17.8. The molecule has 13 heteroatoms. The first-order valence-corrected chi connectivity index (χ1v) is 10.7. The largest absolute Gasteiger partial charge is 0.503 e. The van der Waals surface area contributed by atoms with Crippen LogP contribution in [0.25, 0.3) is 0 Å². The van der Waals surface area contributed by atoms with Crippen molar-refractivity contribution in [1.82, 2.24) is 14.8 Å². The molecule has 0 spiro atoms. The summed E-state index contributed by atoms with van der Waals surface area (Å²) in [6.45, 7) is -0.0581. The van der Waals surface area contributed by atoms with Crippen LogP contribution in [-0.2, 0) is 11.3 Å². The van der Waals surface area contributed by atoms with E-state index in [2.05, 4.69) is 0 Å². The topological polar surface area (TPSA) is 101 Å². The van der Waals surface area contributed by atoms with E-state index in [1.807, 2.05) is 0 Å². The van der Waals surface area contributed by atoms with Crippen LogP contribution in [-0.4, -0.2) is 50.9 Å². The van der Waals surface area contributed by atoms with Gasteiger partial charge in [0.1, 0.15) is 17.2 Å². The van der Waals surface area contributed by atoms with Gasteiger partial charge in [-0.15, -0.1) is 0 Å². The lowest BCUT2D eigenvalue weighted by Crippen LogP contribution is -2.57. The van der Waals surface area contributed by atoms with Gasteiger partial charge in [0.15, 0.2) is 23.7 Å². The minimum Gasteiger partial charge on any atom is -0.503 e. The zero-order valence-corrected chi connectivity index (χ0v) is 17.8. The van der Waals surface area contributed by atoms with Crippen molar-refractivity contribution in [1.29, 1.82) is 0 Å². The second-order valence-corrected chi connectivity index (χ2v) is 8.73. The lowest BCUT2D eigenvalue weighted by atomic mass is 10.0. The van der Waals surface area contributed by atoms with E-state index in [1.54, 1.807) is 0 Å². The summed E-state index contributed by atoms with van der Waals surface area (Å²) in [5.41, 5.74) is -3.70. The number of alkyl halides is 3. The number of halogens is 5. The number of pyridine rings is 1. The lowest BCUT2D eigenvalue weighted by Gasteiger charge is -2.44. The second kappa shape index (κ2) is 8.04. The van der Waals surface area contributed by atoms with Crippen LogP contribution < -0.4 is 10.7 Å². The SMILES string of the molecule is O=C(N[C@@H](c1ccc(F)cc1F)C(F)(F)F)c1cn2c(c(O)c1=O)C(=O)N1C(C2)O[C@@H]2CC[C@H]1C2. The van der Waals surface area contributed by atoms with Gasteiger partial charge in [-0.05, 0) is 25.3 Å². The number of fused-ring (bicyclic) bond motifs is 5. The fourth-order valence-corrected chi connectivity index (χ4v) is 5.00. The van der Waals surface area contributed by atoms with Crippen molar-refractivity contribution in [3.05, 3.63) is 63.1 Å². The molecule has 2 aliphatic heterocycles. The number of rotatable bonds is 3. The van der Waals surface area contributed by atoms with Crippen molar-refractivity contribution in [2.45, 2.75) is 56.4 Å². The molecule has 8 nitrogen and oxygen atoms in total. The summed E-state index contributed by atoms with van der Waals surface area (Å²) in [5, 5.41) is 12.0. The van der Waals surface area contributed by atoms with E-state index in [9.17, 15) is 41.4 Å². The van der Waals surface area contributed by atoms with Gasteiger partial charge >= 0.3 is 6.18 Å². The molecule has 2 fully saturated rings. The predicted molar refractivity (Wildman–Crippen MR) is 107 cm³/mol. The number of aromatic nitrogens is 1. The monoisotopic (exact) mass is 499 g/mol. The van der Waals surface area contributed by atoms with Gasteiger partial charge in [0.25, 0.3) is 11.8 Å². The van der Waals surface area contributed by atoms with E-state index in [4.69, 9.17) is 4.74 Å². The number of nitrogens with zero attached hydrogens (tertiary/aromatic N) is 2. The maximum atomic E-state index is 14.1. The first-order chi connectivity index (χ1) is 16.5. The Morgan fingerprint density at radius 1 is 1.20 bits per heavy atom. The Morgan fingerprint density at radius 3 is 2.63 bits per heavy atom. The number of benzene rings is 1. The highest BCUT2D eigenvalue weighted by Gasteiger charge is 2.48. The van der Waals surface area contributed by atoms with E-state index in [-0.39, 0.29) is 24.8 Å². The van der Waals surface area contributed by atoms with Gasteiger partial charge < -0.3 is 24.6 Å². The third-order valence-corrected chi connectivity index (χ3v) is 6.58. The number of carbonyl (C=O) groups excluding carboxylic acids is 2. The van der Waals surface area contributed by atoms with Gasteiger partial charge in [-0.25, -0.2) is 8.78 Å². The fourth-order valence-electron chi connectivity index (χ4n) is 5.00. The molecule has 0 radical (unpaired) electrons. The number of hydrogen-bond donors (Lipinski definition) is 2. The highest BCUT2D eigenvalue weighted by Crippen LogP contribution is 2.39. The first-order valence-electron chi connectivity index (χ1n) is 10.7. The van der Waals surface area contributed by atoms with Crippen LogP contribution in [0.2, 0.25) is 0 Å². The summed E-state index contributed by atoms with van der Waals surface area (Å²) >= 11 is 0. The number of carbonyl (C=O) groups is 2. The predicted octanol–water partition coefficient (Wildman–Crippen LogP) is 2.60. The smallest absolute Gasteiger partial charge is 0.412 e. The van der Waals surface area contributed by atoms with Crippen LogP contribution in [0.4, 0.5) is 22.0 Å². The van der Waals surface area contributed by atoms with Crippen molar-refractivity contribution in [3.8, 4) is 5.75 Å². The molecule has 2 aromatic rings. The number of hydrogen-bond acceptors (Lipinski definition) is 5. The number of amides is 2. The second-order valence-electron chi connectivity index (χ2n) is 8.73. The molecule has 1 aromatic heterocycles. The minimum atomic E-state index is -5.20. The van der Waals surface area contributed by atoms with Crippen LogP contribution >= 0.6 is 0 Å². The quantitative estimate of drug-likeness (QED) is 0.633. The molecule has 1 unspecified atom stereocenters. The molecule has 2 amide bonds. The molecule has 2 N–H and O–H groups in total. The van der Waals surface area contributed by atoms with Crippen LogP contribution in [0, 0.1) is 11.6 Å². The fraction of sp³-hybridized carbons (Fsp3) is 0.409. The normalized spacial score (nSPS) is 24.1. The molecule has 1 aliphatic carbocycles. The summed E-state index contributed by atoms with van der Waals surface area (Å²) in [6, 6.07) is -1.68. The van der Waals surface area contributed by atoms with Crippen LogP contribution in [0.5, 0.6) is 5.75 Å². The molecule has 4 atom stereocenters. The average molecular weight is 499 g/mol. The molecule has 5 rings (SSSR count). The van der Waals surface area contributed by atoms with E-state index in [0.29, 0.717) is 25.0 Å². The third-order valence-electron chi connectivity index (χ3n) is 6.58. The van der Waals surface area contributed by atoms with Crippen LogP contribution in [0.3, 0.4) is 0 Å². The Labute approximate surface area is 193 Å². The zero-order chi connectivity index (χ0) is 25.2. The van der Waals surface area contributed by atoms with Crippen LogP contribution in [0.1, 0.15) is 51.7 Å². The maximum absolute atomic E-state index is 14.1. The highest BCUT2D eigenvalue weighted by molar-refractivity contribution is 5.99. The Kier molecular flexibility index (Phi) is 5.34. The summed E-state index contributed by atoms with van der Waals surface area (Å²) in [5.74, 6) is -6.00. The van der Waals surface area contributed by atoms with Crippen molar-refractivity contribution in [2.24, 2.45) is 0 Å². The van der Waals surface area contributed by atoms with Crippen molar-refractivity contribution < 1.29 is 41.4 Å². The highest BCUT2D eigenvalue weighted by atomic mass is 19.4. The number of ether oxygens (including phenoxy) is 1. The average Bonchev–Trinajstić information content (AvgIpc) is 3.14. The first kappa shape index (κ1) is 23.3. The summed E-state index contributed by atoms with van der Waals surface area (Å²) in [6.07, 6.45) is -3.08. The molecule has 2 bridgehead atoms. The van der Waals surface area contributed by atoms with E-state index >= 15 is 0 Å². The number of nitrogens with one attached hydrogen (secondary N) is 1. The summed E-state index contributed by atoms with van der Waals surface area (Å²) in [7, 11) is 0. The Morgan fingerprint density at radius 2 is 1.94 bits per heavy atom. The van der Waals surface area contributed by atoms with Crippen molar-refractivity contribution in [2.75, 3.05) is 0 Å². The lowest BCUT2D eigenvalue weighted by molar-refractivity contribution is -0.155. The molecule has 3 aliphatic rings. The molecule has 1 saturated heterocycles. The van der Waals surface area contributed by atoms with Crippen molar-refractivity contribution in [3.63, 3.8) is 0 Å². The van der Waals surface area contributed by atoms with E-state index in [0.717, 1.165) is 17.2 Å². The third kappa shape index (κ3) is 3.83. The van der Waals surface area contributed by atoms with Gasteiger partial charge in [0, 0.05) is 23.9 Å². The molecular weight excluding hydrogens is 481 g/mol. The Balaban J connectivity index is 1.50. The Hall–Kier alpha value is -3.48. The molecule has 1 saturated carbocycles. The van der Waals surface area contributed by atoms with Gasteiger partial charge in [0.2, 0.25) is 5.43 Å². The van der Waals surface area contributed by atoms with Gasteiger partial charge in [0.05, 0.1) is 12.6 Å². The van der Waals surface area contributed by atoms with Gasteiger partial charge in [-0.1, -0.05) is 6.07 Å². The van der Waals surface area contributed by atoms with Gasteiger partial charge in [-0.3, -0.25) is 14.4 Å². The maximum Gasteiger partial charge on any atom is 0.412 e. The Bertz CT molecular complexity index is 1290. The van der Waals surface area contributed by atoms with Gasteiger partial charge in [-0.2, -0.15) is 13.2 Å². The molecular formula is C22H18F5N3O5. The number of aromatic hydroxyl groups is 1. The summed E-state index contributed by atoms with van der Waals surface area (Å²) < 4.78 is 75.2.